The van der Waals surface area contributed by atoms with Crippen molar-refractivity contribution in [1.29, 1.82) is 0 Å². The van der Waals surface area contributed by atoms with Gasteiger partial charge in [-0.15, -0.1) is 0 Å². The average Bonchev–Trinajstić information content (AvgIpc) is 2.69. The van der Waals surface area contributed by atoms with Gasteiger partial charge in [-0.25, -0.2) is 4.79 Å². The molecule has 0 aliphatic heterocycles. The van der Waals surface area contributed by atoms with Gasteiger partial charge in [-0.3, -0.25) is 0 Å². The fourth-order valence-electron chi connectivity index (χ4n) is 2.92. The number of carboxylic acids is 1. The molecule has 0 saturated heterocycles. The molecule has 4 heteroatoms. The summed E-state index contributed by atoms with van der Waals surface area (Å²) in [5, 5.41) is 8.72. The summed E-state index contributed by atoms with van der Waals surface area (Å²) in [4.78, 5) is 10.6. The smallest absolute Gasteiger partial charge is 0.341 e. The van der Waals surface area contributed by atoms with Crippen LogP contribution in [0.3, 0.4) is 0 Å². The second-order valence-corrected chi connectivity index (χ2v) is 5.87. The lowest BCUT2D eigenvalue weighted by atomic mass is 9.85. The molecule has 0 aromatic heterocycles. The molecule has 0 fully saturated rings. The van der Waals surface area contributed by atoms with E-state index in [1.54, 1.807) is 19.2 Å². The Labute approximate surface area is 152 Å². The fraction of sp³-hybridized carbons (Fsp3) is 0.136. The Morgan fingerprint density at radius 1 is 0.808 bits per heavy atom. The summed E-state index contributed by atoms with van der Waals surface area (Å²) < 4.78 is 10.5. The molecule has 3 aromatic rings. The minimum absolute atomic E-state index is 0.0654. The van der Waals surface area contributed by atoms with Crippen LogP contribution in [0.5, 0.6) is 11.5 Å². The van der Waals surface area contributed by atoms with E-state index < -0.39 is 5.97 Å². The Hall–Kier alpha value is -3.27. The predicted molar refractivity (Wildman–Crippen MR) is 100.0 cm³/mol. The summed E-state index contributed by atoms with van der Waals surface area (Å²) in [6, 6.07) is 25.8. The molecule has 0 radical (unpaired) electrons. The number of methoxy groups -OCH3 is 1. The average molecular weight is 348 g/mol. The van der Waals surface area contributed by atoms with E-state index in [2.05, 4.69) is 24.3 Å². The van der Waals surface area contributed by atoms with Crippen LogP contribution < -0.4 is 9.47 Å². The third kappa shape index (κ3) is 4.22. The van der Waals surface area contributed by atoms with Crippen molar-refractivity contribution < 1.29 is 19.4 Å². The zero-order chi connectivity index (χ0) is 18.4. The van der Waals surface area contributed by atoms with Crippen molar-refractivity contribution in [3.05, 3.63) is 95.6 Å². The van der Waals surface area contributed by atoms with Gasteiger partial charge in [0.05, 0.1) is 7.11 Å². The number of hydrogen-bond donors (Lipinski definition) is 1. The first-order valence-electron chi connectivity index (χ1n) is 8.31. The predicted octanol–water partition coefficient (Wildman–Crippen LogP) is 4.34. The van der Waals surface area contributed by atoms with Gasteiger partial charge in [-0.05, 0) is 41.0 Å². The van der Waals surface area contributed by atoms with Crippen molar-refractivity contribution in [2.45, 2.75) is 5.92 Å². The Balaban J connectivity index is 1.94. The molecule has 3 rings (SSSR count). The number of aliphatic carboxylic acids is 1. The number of carbonyl (C=O) groups is 1. The third-order valence-electron chi connectivity index (χ3n) is 4.16. The van der Waals surface area contributed by atoms with Crippen molar-refractivity contribution in [3.63, 3.8) is 0 Å². The largest absolute Gasteiger partial charge is 0.497 e. The van der Waals surface area contributed by atoms with E-state index >= 15 is 0 Å². The van der Waals surface area contributed by atoms with Gasteiger partial charge in [0, 0.05) is 5.92 Å². The molecule has 0 spiro atoms. The Morgan fingerprint density at radius 2 is 1.31 bits per heavy atom. The van der Waals surface area contributed by atoms with Gasteiger partial charge in [-0.2, -0.15) is 0 Å². The molecule has 1 unspecified atom stereocenters. The van der Waals surface area contributed by atoms with Gasteiger partial charge in [-0.1, -0.05) is 54.6 Å². The Morgan fingerprint density at radius 3 is 1.81 bits per heavy atom. The molecule has 132 valence electrons. The molecular formula is C22H20O4. The van der Waals surface area contributed by atoms with Crippen LogP contribution in [0.1, 0.15) is 22.6 Å². The second kappa shape index (κ2) is 8.21. The van der Waals surface area contributed by atoms with Crippen LogP contribution in [0.2, 0.25) is 0 Å². The summed E-state index contributed by atoms with van der Waals surface area (Å²) in [6.45, 7) is -0.347. The van der Waals surface area contributed by atoms with E-state index in [-0.39, 0.29) is 12.5 Å². The number of ether oxygens (including phenoxy) is 2. The standard InChI is InChI=1S/C22H20O4/c1-25-19-11-7-17(8-12-19)22(16-5-3-2-4-6-16)18-9-13-20(14-10-18)26-15-21(23)24/h2-14,22H,15H2,1H3,(H,23,24). The Kier molecular flexibility index (Phi) is 5.54. The second-order valence-electron chi connectivity index (χ2n) is 5.87. The minimum Gasteiger partial charge on any atom is -0.497 e. The topological polar surface area (TPSA) is 55.8 Å². The maximum absolute atomic E-state index is 10.6. The van der Waals surface area contributed by atoms with Crippen LogP contribution in [-0.4, -0.2) is 24.8 Å². The van der Waals surface area contributed by atoms with Crippen molar-refractivity contribution in [1.82, 2.24) is 0 Å². The summed E-state index contributed by atoms with van der Waals surface area (Å²) in [6.07, 6.45) is 0. The minimum atomic E-state index is -0.991. The number of benzene rings is 3. The maximum Gasteiger partial charge on any atom is 0.341 e. The van der Waals surface area contributed by atoms with Gasteiger partial charge in [0.1, 0.15) is 11.5 Å². The highest BCUT2D eigenvalue weighted by molar-refractivity contribution is 5.68. The van der Waals surface area contributed by atoms with Gasteiger partial charge in [0.2, 0.25) is 0 Å². The van der Waals surface area contributed by atoms with Crippen molar-refractivity contribution in [2.75, 3.05) is 13.7 Å². The lowest BCUT2D eigenvalue weighted by Crippen LogP contribution is -2.09. The molecule has 0 aliphatic carbocycles. The van der Waals surface area contributed by atoms with E-state index in [0.29, 0.717) is 5.75 Å². The number of carboxylic acid groups (broad SMARTS) is 1. The molecule has 1 N–H and O–H groups in total. The lowest BCUT2D eigenvalue weighted by molar-refractivity contribution is -0.139. The quantitative estimate of drug-likeness (QED) is 0.645. The Bertz CT molecular complexity index is 840. The van der Waals surface area contributed by atoms with Crippen molar-refractivity contribution in [2.24, 2.45) is 0 Å². The number of hydrogen-bond acceptors (Lipinski definition) is 3. The normalized spacial score (nSPS) is 11.6. The van der Waals surface area contributed by atoms with Crippen LogP contribution in [0.4, 0.5) is 0 Å². The van der Waals surface area contributed by atoms with Crippen LogP contribution in [0.15, 0.2) is 78.9 Å². The molecular weight excluding hydrogens is 328 g/mol. The van der Waals surface area contributed by atoms with Crippen molar-refractivity contribution >= 4 is 5.97 Å². The molecule has 0 saturated carbocycles. The first kappa shape index (κ1) is 17.5. The highest BCUT2D eigenvalue weighted by Crippen LogP contribution is 2.33. The summed E-state index contributed by atoms with van der Waals surface area (Å²) >= 11 is 0. The van der Waals surface area contributed by atoms with Crippen molar-refractivity contribution in [3.8, 4) is 11.5 Å². The fourth-order valence-corrected chi connectivity index (χ4v) is 2.92. The lowest BCUT2D eigenvalue weighted by Gasteiger charge is -2.19. The van der Waals surface area contributed by atoms with E-state index in [1.807, 2.05) is 42.5 Å². The molecule has 0 heterocycles. The van der Waals surface area contributed by atoms with Gasteiger partial charge in [0.25, 0.3) is 0 Å². The van der Waals surface area contributed by atoms with Crippen LogP contribution in [0, 0.1) is 0 Å². The summed E-state index contributed by atoms with van der Waals surface area (Å²) in [7, 11) is 1.65. The van der Waals surface area contributed by atoms with Crippen LogP contribution in [-0.2, 0) is 4.79 Å². The van der Waals surface area contributed by atoms with E-state index in [1.165, 1.54) is 5.56 Å². The first-order valence-corrected chi connectivity index (χ1v) is 8.31. The molecule has 0 bridgehead atoms. The molecule has 26 heavy (non-hydrogen) atoms. The van der Waals surface area contributed by atoms with Crippen LogP contribution in [0.25, 0.3) is 0 Å². The number of rotatable bonds is 7. The summed E-state index contributed by atoms with van der Waals surface area (Å²) in [5.41, 5.74) is 3.43. The van der Waals surface area contributed by atoms with E-state index in [4.69, 9.17) is 14.6 Å². The van der Waals surface area contributed by atoms with E-state index in [9.17, 15) is 4.79 Å². The molecule has 0 aliphatic rings. The van der Waals surface area contributed by atoms with Gasteiger partial charge < -0.3 is 14.6 Å². The first-order chi connectivity index (χ1) is 12.7. The SMILES string of the molecule is COc1ccc(C(c2ccccc2)c2ccc(OCC(=O)O)cc2)cc1. The van der Waals surface area contributed by atoms with Crippen LogP contribution >= 0.6 is 0 Å². The zero-order valence-electron chi connectivity index (χ0n) is 14.5. The van der Waals surface area contributed by atoms with Gasteiger partial charge >= 0.3 is 5.97 Å². The third-order valence-corrected chi connectivity index (χ3v) is 4.16. The zero-order valence-corrected chi connectivity index (χ0v) is 14.5. The molecule has 1 atom stereocenters. The molecule has 3 aromatic carbocycles. The molecule has 4 nitrogen and oxygen atoms in total. The monoisotopic (exact) mass is 348 g/mol. The molecule has 0 amide bonds. The highest BCUT2D eigenvalue weighted by atomic mass is 16.5. The van der Waals surface area contributed by atoms with Gasteiger partial charge in [0.15, 0.2) is 6.61 Å². The highest BCUT2D eigenvalue weighted by Gasteiger charge is 2.17. The summed E-state index contributed by atoms with van der Waals surface area (Å²) in [5.74, 6) is 0.431. The maximum atomic E-state index is 10.6. The van der Waals surface area contributed by atoms with E-state index in [0.717, 1.165) is 16.9 Å².